The Morgan fingerprint density at radius 3 is 2.83 bits per heavy atom. The molecule has 5 nitrogen and oxygen atoms in total. The molecule has 0 aliphatic heterocycles. The van der Waals surface area contributed by atoms with Gasteiger partial charge in [-0.05, 0) is 19.1 Å². The number of aryl methyl sites for hydroxylation is 1. The summed E-state index contributed by atoms with van der Waals surface area (Å²) in [5.41, 5.74) is 1.25. The van der Waals surface area contributed by atoms with Gasteiger partial charge in [-0.25, -0.2) is 0 Å². The number of ketones is 1. The molecule has 18 heavy (non-hydrogen) atoms. The molecule has 0 saturated heterocycles. The van der Waals surface area contributed by atoms with Crippen LogP contribution in [0.4, 0.5) is 0 Å². The third kappa shape index (κ3) is 2.74. The van der Waals surface area contributed by atoms with Crippen LogP contribution in [0, 0.1) is 0 Å². The second-order valence-corrected chi connectivity index (χ2v) is 3.91. The molecule has 0 saturated carbocycles. The summed E-state index contributed by atoms with van der Waals surface area (Å²) in [7, 11) is 1.77. The first-order valence-electron chi connectivity index (χ1n) is 5.81. The Morgan fingerprint density at radius 1 is 1.39 bits per heavy atom. The second kappa shape index (κ2) is 5.44. The van der Waals surface area contributed by atoms with Gasteiger partial charge in [0, 0.05) is 13.2 Å². The van der Waals surface area contributed by atoms with Crippen molar-refractivity contribution in [1.29, 1.82) is 0 Å². The molecule has 0 aliphatic rings. The van der Waals surface area contributed by atoms with E-state index in [2.05, 4.69) is 10.3 Å². The van der Waals surface area contributed by atoms with Crippen LogP contribution in [-0.4, -0.2) is 27.4 Å². The van der Waals surface area contributed by atoms with Crippen molar-refractivity contribution in [2.45, 2.75) is 13.3 Å². The SMILES string of the molecule is CCOc1ccccc1C(=O)Cc1cn(C)nn1. The van der Waals surface area contributed by atoms with E-state index in [1.807, 2.05) is 19.1 Å². The third-order valence-corrected chi connectivity index (χ3v) is 2.48. The second-order valence-electron chi connectivity index (χ2n) is 3.91. The number of aromatic nitrogens is 3. The summed E-state index contributed by atoms with van der Waals surface area (Å²) < 4.78 is 7.02. The predicted molar refractivity (Wildman–Crippen MR) is 66.6 cm³/mol. The zero-order chi connectivity index (χ0) is 13.0. The maximum absolute atomic E-state index is 12.2. The lowest BCUT2D eigenvalue weighted by atomic mass is 10.1. The summed E-state index contributed by atoms with van der Waals surface area (Å²) in [5, 5.41) is 7.71. The van der Waals surface area contributed by atoms with Gasteiger partial charge in [0.2, 0.25) is 0 Å². The lowest BCUT2D eigenvalue weighted by molar-refractivity contribution is 0.0988. The van der Waals surface area contributed by atoms with E-state index < -0.39 is 0 Å². The molecule has 2 aromatic rings. The van der Waals surface area contributed by atoms with E-state index in [-0.39, 0.29) is 12.2 Å². The van der Waals surface area contributed by atoms with Crippen molar-refractivity contribution in [2.24, 2.45) is 7.05 Å². The number of benzene rings is 1. The maximum atomic E-state index is 12.2. The molecule has 1 heterocycles. The molecule has 0 radical (unpaired) electrons. The van der Waals surface area contributed by atoms with E-state index in [1.54, 1.807) is 30.1 Å². The van der Waals surface area contributed by atoms with Crippen LogP contribution < -0.4 is 4.74 Å². The fourth-order valence-corrected chi connectivity index (χ4v) is 1.71. The van der Waals surface area contributed by atoms with Crippen LogP contribution in [0.3, 0.4) is 0 Å². The van der Waals surface area contributed by atoms with Gasteiger partial charge in [0.1, 0.15) is 5.75 Å². The zero-order valence-corrected chi connectivity index (χ0v) is 10.5. The van der Waals surface area contributed by atoms with Gasteiger partial charge in [0.25, 0.3) is 0 Å². The van der Waals surface area contributed by atoms with E-state index in [9.17, 15) is 4.79 Å². The average molecular weight is 245 g/mol. The highest BCUT2D eigenvalue weighted by Gasteiger charge is 2.14. The molecule has 0 aliphatic carbocycles. The Morgan fingerprint density at radius 2 is 2.17 bits per heavy atom. The molecule has 1 aromatic heterocycles. The third-order valence-electron chi connectivity index (χ3n) is 2.48. The highest BCUT2D eigenvalue weighted by Crippen LogP contribution is 2.19. The number of Topliss-reactive ketones (excluding diaryl/α,β-unsaturated/α-hetero) is 1. The summed E-state index contributed by atoms with van der Waals surface area (Å²) in [6.07, 6.45) is 1.97. The molecule has 0 spiro atoms. The number of rotatable bonds is 5. The molecular formula is C13H15N3O2. The minimum Gasteiger partial charge on any atom is -0.493 e. The quantitative estimate of drug-likeness (QED) is 0.751. The van der Waals surface area contributed by atoms with E-state index in [1.165, 1.54) is 0 Å². The van der Waals surface area contributed by atoms with Gasteiger partial charge < -0.3 is 4.74 Å². The molecule has 1 aromatic carbocycles. The molecule has 94 valence electrons. The van der Waals surface area contributed by atoms with Crippen LogP contribution in [-0.2, 0) is 13.5 Å². The van der Waals surface area contributed by atoms with Gasteiger partial charge in [-0.1, -0.05) is 17.3 Å². The van der Waals surface area contributed by atoms with Crippen molar-refractivity contribution in [3.63, 3.8) is 0 Å². The highest BCUT2D eigenvalue weighted by atomic mass is 16.5. The van der Waals surface area contributed by atoms with E-state index in [4.69, 9.17) is 4.74 Å². The van der Waals surface area contributed by atoms with Crippen LogP contribution in [0.15, 0.2) is 30.5 Å². The summed E-state index contributed by atoms with van der Waals surface area (Å²) in [4.78, 5) is 12.2. The number of hydrogen-bond acceptors (Lipinski definition) is 4. The first kappa shape index (κ1) is 12.3. The average Bonchev–Trinajstić information content (AvgIpc) is 2.76. The molecular weight excluding hydrogens is 230 g/mol. The van der Waals surface area contributed by atoms with Gasteiger partial charge >= 0.3 is 0 Å². The zero-order valence-electron chi connectivity index (χ0n) is 10.5. The van der Waals surface area contributed by atoms with Gasteiger partial charge in [-0.2, -0.15) is 0 Å². The van der Waals surface area contributed by atoms with Crippen molar-refractivity contribution < 1.29 is 9.53 Å². The largest absolute Gasteiger partial charge is 0.493 e. The van der Waals surface area contributed by atoms with Crippen LogP contribution >= 0.6 is 0 Å². The number of carbonyl (C=O) groups is 1. The Bertz CT molecular complexity index is 549. The van der Waals surface area contributed by atoms with Crippen molar-refractivity contribution in [2.75, 3.05) is 6.61 Å². The molecule has 5 heteroatoms. The molecule has 0 fully saturated rings. The van der Waals surface area contributed by atoms with Crippen LogP contribution in [0.5, 0.6) is 5.75 Å². The van der Waals surface area contributed by atoms with Crippen molar-refractivity contribution in [3.8, 4) is 5.75 Å². The Labute approximate surface area is 105 Å². The number of nitrogens with zero attached hydrogens (tertiary/aromatic N) is 3. The monoisotopic (exact) mass is 245 g/mol. The fourth-order valence-electron chi connectivity index (χ4n) is 1.71. The summed E-state index contributed by atoms with van der Waals surface area (Å²) in [6.45, 7) is 2.43. The maximum Gasteiger partial charge on any atom is 0.172 e. The van der Waals surface area contributed by atoms with Crippen molar-refractivity contribution in [3.05, 3.63) is 41.7 Å². The Kier molecular flexibility index (Phi) is 3.72. The molecule has 0 atom stereocenters. The summed E-state index contributed by atoms with van der Waals surface area (Å²) in [5.74, 6) is 0.605. The summed E-state index contributed by atoms with van der Waals surface area (Å²) >= 11 is 0. The molecule has 0 unspecified atom stereocenters. The molecule has 0 bridgehead atoms. The van der Waals surface area contributed by atoms with Crippen LogP contribution in [0.1, 0.15) is 23.0 Å². The number of carbonyl (C=O) groups excluding carboxylic acids is 1. The lowest BCUT2D eigenvalue weighted by Crippen LogP contribution is -2.07. The highest BCUT2D eigenvalue weighted by molar-refractivity contribution is 5.99. The van der Waals surface area contributed by atoms with Crippen molar-refractivity contribution >= 4 is 5.78 Å². The number of hydrogen-bond donors (Lipinski definition) is 0. The lowest BCUT2D eigenvalue weighted by Gasteiger charge is -2.07. The van der Waals surface area contributed by atoms with Gasteiger partial charge in [0.15, 0.2) is 5.78 Å². The normalized spacial score (nSPS) is 10.3. The summed E-state index contributed by atoms with van der Waals surface area (Å²) in [6, 6.07) is 7.24. The minimum absolute atomic E-state index is 0.0143. The number of para-hydroxylation sites is 1. The standard InChI is InChI=1S/C13H15N3O2/c1-3-18-13-7-5-4-6-11(13)12(17)8-10-9-16(2)15-14-10/h4-7,9H,3,8H2,1-2H3. The van der Waals surface area contributed by atoms with Crippen molar-refractivity contribution in [1.82, 2.24) is 15.0 Å². The first-order valence-corrected chi connectivity index (χ1v) is 5.81. The fraction of sp³-hybridized carbons (Fsp3) is 0.308. The van der Waals surface area contributed by atoms with Gasteiger partial charge in [-0.3, -0.25) is 9.48 Å². The topological polar surface area (TPSA) is 57.0 Å². The minimum atomic E-state index is -0.0143. The molecule has 2 rings (SSSR count). The molecule has 0 N–H and O–H groups in total. The van der Waals surface area contributed by atoms with E-state index >= 15 is 0 Å². The van der Waals surface area contributed by atoms with E-state index in [0.29, 0.717) is 23.6 Å². The van der Waals surface area contributed by atoms with Gasteiger partial charge in [0.05, 0.1) is 24.3 Å². The predicted octanol–water partition coefficient (Wildman–Crippen LogP) is 1.64. The number of ether oxygens (including phenoxy) is 1. The first-order chi connectivity index (χ1) is 8.70. The van der Waals surface area contributed by atoms with E-state index in [0.717, 1.165) is 0 Å². The Hall–Kier alpha value is -2.17. The Balaban J connectivity index is 2.18. The van der Waals surface area contributed by atoms with Gasteiger partial charge in [-0.15, -0.1) is 5.10 Å². The smallest absolute Gasteiger partial charge is 0.172 e. The van der Waals surface area contributed by atoms with Crippen LogP contribution in [0.25, 0.3) is 0 Å². The van der Waals surface area contributed by atoms with Crippen LogP contribution in [0.2, 0.25) is 0 Å². The molecule has 0 amide bonds.